The predicted octanol–water partition coefficient (Wildman–Crippen LogP) is 2.80. The summed E-state index contributed by atoms with van der Waals surface area (Å²) in [6.07, 6.45) is 2.96. The van der Waals surface area contributed by atoms with E-state index >= 15 is 0 Å². The minimum Gasteiger partial charge on any atom is -0.374 e. The lowest BCUT2D eigenvalue weighted by Gasteiger charge is -2.24. The average molecular weight is 267 g/mol. The summed E-state index contributed by atoms with van der Waals surface area (Å²) in [6, 6.07) is 2.83. The van der Waals surface area contributed by atoms with Gasteiger partial charge in [-0.25, -0.2) is 0 Å². The van der Waals surface area contributed by atoms with E-state index < -0.39 is 0 Å². The highest BCUT2D eigenvalue weighted by atomic mass is 16.5. The fourth-order valence-corrected chi connectivity index (χ4v) is 1.86. The van der Waals surface area contributed by atoms with Gasteiger partial charge in [0.2, 0.25) is 0 Å². The van der Waals surface area contributed by atoms with Crippen LogP contribution in [0, 0.1) is 0 Å². The molecule has 1 rings (SSSR count). The summed E-state index contributed by atoms with van der Waals surface area (Å²) in [5, 5.41) is 8.07. The first-order chi connectivity index (χ1) is 8.81. The Morgan fingerprint density at radius 2 is 2.05 bits per heavy atom. The van der Waals surface area contributed by atoms with Crippen LogP contribution in [0.5, 0.6) is 0 Å². The highest BCUT2D eigenvalue weighted by Crippen LogP contribution is 2.10. The molecule has 110 valence electrons. The van der Waals surface area contributed by atoms with Crippen molar-refractivity contribution in [1.29, 1.82) is 0 Å². The Hall–Kier alpha value is -0.870. The fourth-order valence-electron chi connectivity index (χ4n) is 1.86. The van der Waals surface area contributed by atoms with Crippen LogP contribution >= 0.6 is 0 Å². The Morgan fingerprint density at radius 3 is 2.53 bits per heavy atom. The lowest BCUT2D eigenvalue weighted by Crippen LogP contribution is -2.38. The van der Waals surface area contributed by atoms with E-state index in [0.29, 0.717) is 18.7 Å². The van der Waals surface area contributed by atoms with Crippen molar-refractivity contribution in [2.45, 2.75) is 65.6 Å². The number of nitrogens with one attached hydrogen (secondary N) is 1. The first-order valence-corrected chi connectivity index (χ1v) is 7.23. The van der Waals surface area contributed by atoms with Crippen LogP contribution in [0.2, 0.25) is 0 Å². The van der Waals surface area contributed by atoms with E-state index in [4.69, 9.17) is 4.74 Å². The second-order valence-corrected chi connectivity index (χ2v) is 6.26. The van der Waals surface area contributed by atoms with Gasteiger partial charge in [0.05, 0.1) is 17.9 Å². The number of hydrogen-bond acceptors (Lipinski definition) is 3. The first kappa shape index (κ1) is 16.2. The molecule has 0 aliphatic heterocycles. The standard InChI is InChI=1S/C15H29N3O/c1-7-16-14(11-19-15(4,5)6)10-13-8-9-18(17-13)12(2)3/h8-9,12,14,16H,7,10-11H2,1-6H3. The second kappa shape index (κ2) is 7.06. The number of rotatable bonds is 7. The summed E-state index contributed by atoms with van der Waals surface area (Å²) < 4.78 is 7.88. The zero-order valence-corrected chi connectivity index (χ0v) is 13.2. The van der Waals surface area contributed by atoms with Crippen LogP contribution in [-0.4, -0.2) is 34.6 Å². The third-order valence-electron chi connectivity index (χ3n) is 2.86. The van der Waals surface area contributed by atoms with Crippen LogP contribution < -0.4 is 5.32 Å². The summed E-state index contributed by atoms with van der Waals surface area (Å²) >= 11 is 0. The zero-order chi connectivity index (χ0) is 14.5. The van der Waals surface area contributed by atoms with Gasteiger partial charge in [-0.3, -0.25) is 4.68 Å². The fraction of sp³-hybridized carbons (Fsp3) is 0.800. The quantitative estimate of drug-likeness (QED) is 0.825. The maximum absolute atomic E-state index is 5.87. The smallest absolute Gasteiger partial charge is 0.0641 e. The van der Waals surface area contributed by atoms with E-state index in [2.05, 4.69) is 58.0 Å². The molecule has 0 bridgehead atoms. The first-order valence-electron chi connectivity index (χ1n) is 7.23. The van der Waals surface area contributed by atoms with E-state index in [-0.39, 0.29) is 5.60 Å². The molecule has 0 fully saturated rings. The van der Waals surface area contributed by atoms with E-state index in [9.17, 15) is 0 Å². The molecule has 1 aromatic heterocycles. The molecule has 4 nitrogen and oxygen atoms in total. The van der Waals surface area contributed by atoms with Crippen LogP contribution in [0.1, 0.15) is 53.3 Å². The van der Waals surface area contributed by atoms with Crippen LogP contribution in [0.25, 0.3) is 0 Å². The lowest BCUT2D eigenvalue weighted by atomic mass is 10.1. The van der Waals surface area contributed by atoms with Crippen molar-refractivity contribution < 1.29 is 4.74 Å². The van der Waals surface area contributed by atoms with Crippen molar-refractivity contribution in [2.75, 3.05) is 13.2 Å². The Kier molecular flexibility index (Phi) is 6.01. The molecule has 1 atom stereocenters. The molecule has 1 unspecified atom stereocenters. The van der Waals surface area contributed by atoms with Gasteiger partial charge in [0.1, 0.15) is 0 Å². The number of likely N-dealkylation sites (N-methyl/N-ethyl adjacent to an activating group) is 1. The van der Waals surface area contributed by atoms with Crippen LogP contribution in [0.4, 0.5) is 0 Å². The third kappa shape index (κ3) is 6.21. The molecule has 0 saturated heterocycles. The highest BCUT2D eigenvalue weighted by molar-refractivity contribution is 5.02. The Balaban J connectivity index is 2.56. The minimum absolute atomic E-state index is 0.0923. The number of aromatic nitrogens is 2. The van der Waals surface area contributed by atoms with Crippen molar-refractivity contribution >= 4 is 0 Å². The van der Waals surface area contributed by atoms with E-state index in [1.807, 2.05) is 10.9 Å². The van der Waals surface area contributed by atoms with Crippen LogP contribution in [0.15, 0.2) is 12.3 Å². The molecule has 0 aliphatic carbocycles. The maximum atomic E-state index is 5.87. The maximum Gasteiger partial charge on any atom is 0.0641 e. The van der Waals surface area contributed by atoms with E-state index in [1.165, 1.54) is 0 Å². The van der Waals surface area contributed by atoms with Crippen molar-refractivity contribution in [1.82, 2.24) is 15.1 Å². The Labute approximate surface area is 117 Å². The second-order valence-electron chi connectivity index (χ2n) is 6.26. The molecule has 0 saturated carbocycles. The van der Waals surface area contributed by atoms with Crippen LogP contribution in [0.3, 0.4) is 0 Å². The molecule has 4 heteroatoms. The Morgan fingerprint density at radius 1 is 1.37 bits per heavy atom. The molecule has 1 aromatic rings. The lowest BCUT2D eigenvalue weighted by molar-refractivity contribution is -0.0142. The molecule has 19 heavy (non-hydrogen) atoms. The molecule has 1 heterocycles. The third-order valence-corrected chi connectivity index (χ3v) is 2.86. The highest BCUT2D eigenvalue weighted by Gasteiger charge is 2.16. The summed E-state index contributed by atoms with van der Waals surface area (Å²) in [7, 11) is 0. The molecule has 0 aromatic carbocycles. The largest absolute Gasteiger partial charge is 0.374 e. The molecular formula is C15H29N3O. The molecular weight excluding hydrogens is 238 g/mol. The summed E-state index contributed by atoms with van der Waals surface area (Å²) in [5.41, 5.74) is 1.03. The van der Waals surface area contributed by atoms with Crippen molar-refractivity contribution in [3.63, 3.8) is 0 Å². The molecule has 0 amide bonds. The summed E-state index contributed by atoms with van der Waals surface area (Å²) in [4.78, 5) is 0. The number of nitrogens with zero attached hydrogens (tertiary/aromatic N) is 2. The van der Waals surface area contributed by atoms with Gasteiger partial charge in [-0.1, -0.05) is 6.92 Å². The molecule has 0 spiro atoms. The van der Waals surface area contributed by atoms with Gasteiger partial charge in [0, 0.05) is 24.7 Å². The zero-order valence-electron chi connectivity index (χ0n) is 13.2. The molecule has 1 N–H and O–H groups in total. The summed E-state index contributed by atoms with van der Waals surface area (Å²) in [6.45, 7) is 14.3. The van der Waals surface area contributed by atoms with Crippen molar-refractivity contribution in [2.24, 2.45) is 0 Å². The van der Waals surface area contributed by atoms with Gasteiger partial charge in [0.25, 0.3) is 0 Å². The van der Waals surface area contributed by atoms with Gasteiger partial charge in [-0.05, 0) is 47.2 Å². The van der Waals surface area contributed by atoms with Crippen LogP contribution in [-0.2, 0) is 11.2 Å². The monoisotopic (exact) mass is 267 g/mol. The van der Waals surface area contributed by atoms with E-state index in [0.717, 1.165) is 18.7 Å². The minimum atomic E-state index is -0.0923. The van der Waals surface area contributed by atoms with Gasteiger partial charge >= 0.3 is 0 Å². The van der Waals surface area contributed by atoms with Gasteiger partial charge in [-0.2, -0.15) is 5.10 Å². The number of hydrogen-bond donors (Lipinski definition) is 1. The topological polar surface area (TPSA) is 39.1 Å². The molecule has 0 aliphatic rings. The van der Waals surface area contributed by atoms with Gasteiger partial charge in [-0.15, -0.1) is 0 Å². The summed E-state index contributed by atoms with van der Waals surface area (Å²) in [5.74, 6) is 0. The van der Waals surface area contributed by atoms with Gasteiger partial charge < -0.3 is 10.1 Å². The molecule has 0 radical (unpaired) electrons. The van der Waals surface area contributed by atoms with Gasteiger partial charge in [0.15, 0.2) is 0 Å². The van der Waals surface area contributed by atoms with Crippen molar-refractivity contribution in [3.8, 4) is 0 Å². The normalized spacial score (nSPS) is 14.1. The van der Waals surface area contributed by atoms with E-state index in [1.54, 1.807) is 0 Å². The Bertz CT molecular complexity index is 366. The average Bonchev–Trinajstić information content (AvgIpc) is 2.74. The predicted molar refractivity (Wildman–Crippen MR) is 79.5 cm³/mol. The number of ether oxygens (including phenoxy) is 1. The van der Waals surface area contributed by atoms with Crippen molar-refractivity contribution in [3.05, 3.63) is 18.0 Å². The SMILES string of the molecule is CCNC(COC(C)(C)C)Cc1ccn(C(C)C)n1.